The Bertz CT molecular complexity index is 3370. The van der Waals surface area contributed by atoms with Gasteiger partial charge in [-0.05, 0) is 182 Å². The van der Waals surface area contributed by atoms with Crippen LogP contribution in [0.3, 0.4) is 0 Å². The molecule has 8 aromatic rings. The number of hydrogen-bond acceptors (Lipinski definition) is 3. The summed E-state index contributed by atoms with van der Waals surface area (Å²) < 4.78 is 0. The molecule has 1 saturated carbocycles. The second-order valence-corrected chi connectivity index (χ2v) is 25.7. The monoisotopic (exact) mass is 968 g/mol. The van der Waals surface area contributed by atoms with Crippen molar-refractivity contribution in [3.63, 3.8) is 0 Å². The summed E-state index contributed by atoms with van der Waals surface area (Å²) in [6, 6.07) is 69.1. The number of fused-ring (bicyclic) bond motifs is 6. The summed E-state index contributed by atoms with van der Waals surface area (Å²) in [5.74, 6) is 1.58. The lowest BCUT2D eigenvalue weighted by atomic mass is 9.33. The van der Waals surface area contributed by atoms with Crippen molar-refractivity contribution < 1.29 is 0 Å². The highest BCUT2D eigenvalue weighted by molar-refractivity contribution is 7.00. The standard InChI is InChI=1S/C70H74BN3/c1-45-37-47-39-46(2)72(60(38-45)40-47)59-34-35-61-64(44-59)74(58-32-21-50(22-33-58)48-15-13-12-14-16-48)66-43-56(70(9,10)11)42-65-67(66)71(61)62-41-53(52-19-28-55(29-20-52)69(6,7)8)25-36-63(62)73(65)57-30-23-51(24-31-57)49-17-26-54(27-18-49)68(3,4)5/h12-36,41-47,60H,37-40H2,1-11H3. The van der Waals surface area contributed by atoms with Gasteiger partial charge in [-0.3, -0.25) is 0 Å². The van der Waals surface area contributed by atoms with E-state index >= 15 is 0 Å². The van der Waals surface area contributed by atoms with Crippen LogP contribution in [0.25, 0.3) is 33.4 Å². The van der Waals surface area contributed by atoms with E-state index in [1.807, 2.05) is 0 Å². The third-order valence-electron chi connectivity index (χ3n) is 17.3. The minimum absolute atomic E-state index is 0.00331. The molecule has 1 saturated heterocycles. The van der Waals surface area contributed by atoms with E-state index < -0.39 is 0 Å². The Morgan fingerprint density at radius 1 is 0.378 bits per heavy atom. The van der Waals surface area contributed by atoms with Crippen LogP contribution in [-0.4, -0.2) is 18.8 Å². The molecule has 0 N–H and O–H groups in total. The Balaban J connectivity index is 1.09. The van der Waals surface area contributed by atoms with Gasteiger partial charge < -0.3 is 14.7 Å². The maximum Gasteiger partial charge on any atom is 0.252 e. The van der Waals surface area contributed by atoms with Gasteiger partial charge in [-0.15, -0.1) is 0 Å². The quantitative estimate of drug-likeness (QED) is 0.154. The van der Waals surface area contributed by atoms with Crippen molar-refractivity contribution in [3.8, 4) is 33.4 Å². The Morgan fingerprint density at radius 2 is 0.851 bits per heavy atom. The first-order chi connectivity index (χ1) is 35.4. The molecule has 0 spiro atoms. The Hall–Kier alpha value is -6.78. The molecule has 4 atom stereocenters. The van der Waals surface area contributed by atoms with Gasteiger partial charge in [0.1, 0.15) is 0 Å². The van der Waals surface area contributed by atoms with Crippen LogP contribution in [0.5, 0.6) is 0 Å². The van der Waals surface area contributed by atoms with E-state index in [4.69, 9.17) is 0 Å². The van der Waals surface area contributed by atoms with Crippen LogP contribution in [0.2, 0.25) is 0 Å². The third-order valence-corrected chi connectivity index (χ3v) is 17.3. The predicted octanol–water partition coefficient (Wildman–Crippen LogP) is 17.1. The van der Waals surface area contributed by atoms with Crippen LogP contribution < -0.4 is 31.1 Å². The molecule has 4 aliphatic rings. The van der Waals surface area contributed by atoms with Gasteiger partial charge in [0.2, 0.25) is 0 Å². The van der Waals surface area contributed by atoms with E-state index in [2.05, 4.69) is 267 Å². The average Bonchev–Trinajstić information content (AvgIpc) is 3.38. The summed E-state index contributed by atoms with van der Waals surface area (Å²) in [7, 11) is 0. The van der Waals surface area contributed by atoms with Crippen LogP contribution in [-0.2, 0) is 16.2 Å². The lowest BCUT2D eigenvalue weighted by molar-refractivity contribution is 0.179. The Morgan fingerprint density at radius 3 is 1.39 bits per heavy atom. The smallest absolute Gasteiger partial charge is 0.252 e. The Labute approximate surface area is 443 Å². The van der Waals surface area contributed by atoms with Crippen molar-refractivity contribution in [1.29, 1.82) is 0 Å². The molecule has 3 aliphatic heterocycles. The first-order valence-electron chi connectivity index (χ1n) is 27.7. The highest BCUT2D eigenvalue weighted by Gasteiger charge is 2.45. The largest absolute Gasteiger partial charge is 0.366 e. The highest BCUT2D eigenvalue weighted by Crippen LogP contribution is 2.49. The summed E-state index contributed by atoms with van der Waals surface area (Å²) >= 11 is 0. The zero-order valence-electron chi connectivity index (χ0n) is 45.8. The number of piperidine rings is 1. The van der Waals surface area contributed by atoms with Crippen molar-refractivity contribution in [2.24, 2.45) is 11.8 Å². The summed E-state index contributed by atoms with van der Waals surface area (Å²) in [4.78, 5) is 8.06. The molecular weight excluding hydrogens is 894 g/mol. The topological polar surface area (TPSA) is 9.72 Å². The van der Waals surface area contributed by atoms with E-state index in [9.17, 15) is 0 Å². The van der Waals surface area contributed by atoms with Gasteiger partial charge >= 0.3 is 0 Å². The molecule has 74 heavy (non-hydrogen) atoms. The van der Waals surface area contributed by atoms with Gasteiger partial charge in [0.25, 0.3) is 6.71 Å². The number of rotatable bonds is 6. The summed E-state index contributed by atoms with van der Waals surface area (Å²) in [5, 5.41) is 0. The van der Waals surface area contributed by atoms with Crippen molar-refractivity contribution in [2.45, 2.75) is 130 Å². The maximum atomic E-state index is 2.83. The molecule has 3 heterocycles. The molecule has 0 amide bonds. The lowest BCUT2D eigenvalue weighted by Gasteiger charge is -2.51. The first kappa shape index (κ1) is 48.2. The molecule has 8 aromatic carbocycles. The second-order valence-electron chi connectivity index (χ2n) is 25.7. The maximum absolute atomic E-state index is 2.83. The molecule has 1 aliphatic carbocycles. The van der Waals surface area contributed by atoms with Gasteiger partial charge in [-0.25, -0.2) is 0 Å². The molecule has 3 nitrogen and oxygen atoms in total. The van der Waals surface area contributed by atoms with Gasteiger partial charge in [0, 0.05) is 51.9 Å². The molecule has 2 bridgehead atoms. The van der Waals surface area contributed by atoms with Crippen molar-refractivity contribution in [1.82, 2.24) is 0 Å². The Kier molecular flexibility index (Phi) is 11.7. The minimum atomic E-state index is -0.123. The van der Waals surface area contributed by atoms with E-state index in [1.165, 1.54) is 126 Å². The summed E-state index contributed by atoms with van der Waals surface area (Å²) in [6.45, 7) is 25.9. The zero-order chi connectivity index (χ0) is 51.4. The van der Waals surface area contributed by atoms with E-state index in [0.29, 0.717) is 12.1 Å². The van der Waals surface area contributed by atoms with Crippen molar-refractivity contribution in [2.75, 3.05) is 14.7 Å². The number of anilines is 7. The van der Waals surface area contributed by atoms with Gasteiger partial charge in [-0.2, -0.15) is 0 Å². The fourth-order valence-electron chi connectivity index (χ4n) is 13.4. The van der Waals surface area contributed by atoms with Crippen LogP contribution in [0, 0.1) is 11.8 Å². The SMILES string of the molecule is CC1CC2CC(C)N(c3ccc4c(c3)N(c3ccc(-c5ccccc5)cc3)c3cc(C(C)(C)C)cc5c3B4c3cc(-c4ccc(C(C)(C)C)cc4)ccc3N5c3ccc(-c4ccc(C(C)(C)C)cc4)cc3)C(C1)C2. The second kappa shape index (κ2) is 18.0. The average molecular weight is 968 g/mol. The first-order valence-corrected chi connectivity index (χ1v) is 27.7. The van der Waals surface area contributed by atoms with Crippen molar-refractivity contribution in [3.05, 3.63) is 193 Å². The number of hydrogen-bond donors (Lipinski definition) is 0. The molecule has 372 valence electrons. The van der Waals surface area contributed by atoms with Gasteiger partial charge in [0.05, 0.1) is 0 Å². The van der Waals surface area contributed by atoms with Crippen LogP contribution in [0.15, 0.2) is 176 Å². The van der Waals surface area contributed by atoms with Crippen LogP contribution in [0.1, 0.15) is 119 Å². The molecular formula is C70H74BN3. The highest BCUT2D eigenvalue weighted by atomic mass is 15.2. The lowest BCUT2D eigenvalue weighted by Crippen LogP contribution is -2.61. The van der Waals surface area contributed by atoms with Crippen LogP contribution in [0.4, 0.5) is 39.8 Å². The molecule has 0 aromatic heterocycles. The molecule has 4 heteroatoms. The fraction of sp³-hybridized carbons (Fsp3) is 0.314. The summed E-state index contributed by atoms with van der Waals surface area (Å²) in [6.07, 6.45) is 5.20. The van der Waals surface area contributed by atoms with Crippen molar-refractivity contribution >= 4 is 62.9 Å². The van der Waals surface area contributed by atoms with E-state index in [0.717, 1.165) is 17.5 Å². The zero-order valence-corrected chi connectivity index (χ0v) is 45.8. The van der Waals surface area contributed by atoms with E-state index in [1.54, 1.807) is 0 Å². The molecule has 12 rings (SSSR count). The van der Waals surface area contributed by atoms with Gasteiger partial charge in [0.15, 0.2) is 0 Å². The minimum Gasteiger partial charge on any atom is -0.366 e. The molecule has 2 fully saturated rings. The normalized spacial score (nSPS) is 19.2. The number of benzene rings is 8. The molecule has 0 radical (unpaired) electrons. The predicted molar refractivity (Wildman–Crippen MR) is 320 cm³/mol. The third kappa shape index (κ3) is 8.57. The summed E-state index contributed by atoms with van der Waals surface area (Å²) in [5.41, 5.74) is 24.3. The van der Waals surface area contributed by atoms with Crippen LogP contribution >= 0.6 is 0 Å². The molecule has 4 unspecified atom stereocenters. The number of nitrogens with zero attached hydrogens (tertiary/aromatic N) is 3. The van der Waals surface area contributed by atoms with Gasteiger partial charge in [-0.1, -0.05) is 191 Å². The fourth-order valence-corrected chi connectivity index (χ4v) is 13.4. The van der Waals surface area contributed by atoms with E-state index in [-0.39, 0.29) is 23.0 Å².